The number of hydrogen-bond acceptors (Lipinski definition) is 4. The SMILES string of the molecule is C/N=C\c1c(NCCCC(C)(F)F)cccc1C(=O)N(C1CC1)C1CCc2[nH]ncc2C1. The molecule has 0 spiro atoms. The summed E-state index contributed by atoms with van der Waals surface area (Å²) in [5.41, 5.74) is 4.43. The number of fused-ring (bicyclic) bond motifs is 1. The summed E-state index contributed by atoms with van der Waals surface area (Å²) in [6.45, 7) is 1.34. The van der Waals surface area contributed by atoms with Gasteiger partial charge in [0.25, 0.3) is 5.91 Å². The van der Waals surface area contributed by atoms with Crippen molar-refractivity contribution in [3.8, 4) is 0 Å². The average molecular weight is 444 g/mol. The smallest absolute Gasteiger partial charge is 0.255 e. The molecule has 0 saturated heterocycles. The quantitative estimate of drug-likeness (QED) is 0.444. The van der Waals surface area contributed by atoms with Crippen molar-refractivity contribution in [1.29, 1.82) is 0 Å². The molecule has 1 unspecified atom stereocenters. The monoisotopic (exact) mass is 443 g/mol. The van der Waals surface area contributed by atoms with Gasteiger partial charge in [0.2, 0.25) is 5.92 Å². The molecule has 2 aliphatic carbocycles. The fourth-order valence-corrected chi connectivity index (χ4v) is 4.55. The highest BCUT2D eigenvalue weighted by Crippen LogP contribution is 2.35. The van der Waals surface area contributed by atoms with Crippen LogP contribution in [0.3, 0.4) is 0 Å². The van der Waals surface area contributed by atoms with Gasteiger partial charge in [-0.05, 0) is 63.1 Å². The fourth-order valence-electron chi connectivity index (χ4n) is 4.55. The summed E-state index contributed by atoms with van der Waals surface area (Å²) in [5, 5.41) is 10.5. The summed E-state index contributed by atoms with van der Waals surface area (Å²) in [5.74, 6) is -2.66. The van der Waals surface area contributed by atoms with Crippen LogP contribution in [-0.2, 0) is 12.8 Å². The number of nitrogens with one attached hydrogen (secondary N) is 2. The van der Waals surface area contributed by atoms with E-state index in [-0.39, 0.29) is 24.4 Å². The number of anilines is 1. The van der Waals surface area contributed by atoms with Crippen LogP contribution in [0.15, 0.2) is 29.4 Å². The zero-order valence-corrected chi connectivity index (χ0v) is 18.7. The molecular formula is C24H31F2N5O. The second-order valence-corrected chi connectivity index (χ2v) is 8.97. The number of aliphatic imine (C=N–C) groups is 1. The fraction of sp³-hybridized carbons (Fsp3) is 0.542. The van der Waals surface area contributed by atoms with E-state index in [0.717, 1.165) is 44.7 Å². The van der Waals surface area contributed by atoms with Crippen LogP contribution in [0.5, 0.6) is 0 Å². The van der Waals surface area contributed by atoms with Crippen molar-refractivity contribution in [3.63, 3.8) is 0 Å². The van der Waals surface area contributed by atoms with E-state index in [1.165, 1.54) is 11.3 Å². The van der Waals surface area contributed by atoms with Gasteiger partial charge in [-0.3, -0.25) is 14.9 Å². The van der Waals surface area contributed by atoms with Crippen molar-refractivity contribution < 1.29 is 13.6 Å². The number of nitrogens with zero attached hydrogens (tertiary/aromatic N) is 3. The first kappa shape index (κ1) is 22.4. The number of halogens is 2. The van der Waals surface area contributed by atoms with Crippen LogP contribution in [0.2, 0.25) is 0 Å². The summed E-state index contributed by atoms with van der Waals surface area (Å²) in [7, 11) is 1.67. The minimum absolute atomic E-state index is 0.0167. The number of amides is 1. The largest absolute Gasteiger partial charge is 0.384 e. The molecule has 172 valence electrons. The molecule has 2 aliphatic rings. The standard InChI is InChI=1S/C24H31F2N5O/c1-24(25,26)11-4-12-28-22-6-3-5-19(20(22)15-27-2)23(32)31(17-7-8-17)18-9-10-21-16(13-18)14-29-30-21/h3,5-6,14-15,17-18,28H,4,7-13H2,1-2H3,(H,29,30)/b27-15-. The van der Waals surface area contributed by atoms with Crippen molar-refractivity contribution in [2.45, 2.75) is 69.9 Å². The van der Waals surface area contributed by atoms with Gasteiger partial charge in [-0.1, -0.05) is 6.07 Å². The zero-order valence-electron chi connectivity index (χ0n) is 18.7. The lowest BCUT2D eigenvalue weighted by Gasteiger charge is -2.35. The number of aromatic amines is 1. The normalized spacial score (nSPS) is 18.6. The van der Waals surface area contributed by atoms with Crippen molar-refractivity contribution in [3.05, 3.63) is 46.8 Å². The molecule has 1 fully saturated rings. The predicted molar refractivity (Wildman–Crippen MR) is 122 cm³/mol. The van der Waals surface area contributed by atoms with E-state index in [2.05, 4.69) is 25.4 Å². The lowest BCUT2D eigenvalue weighted by molar-refractivity contribution is 0.0119. The summed E-state index contributed by atoms with van der Waals surface area (Å²) in [6.07, 6.45) is 8.40. The highest BCUT2D eigenvalue weighted by atomic mass is 19.3. The third-order valence-corrected chi connectivity index (χ3v) is 6.26. The maximum absolute atomic E-state index is 13.8. The summed E-state index contributed by atoms with van der Waals surface area (Å²) in [4.78, 5) is 20.0. The van der Waals surface area contributed by atoms with E-state index in [9.17, 15) is 13.6 Å². The number of hydrogen-bond donors (Lipinski definition) is 2. The first-order valence-electron chi connectivity index (χ1n) is 11.4. The first-order valence-corrected chi connectivity index (χ1v) is 11.4. The number of aromatic nitrogens is 2. The number of benzene rings is 1. The Morgan fingerprint density at radius 2 is 2.16 bits per heavy atom. The van der Waals surface area contributed by atoms with E-state index in [4.69, 9.17) is 0 Å². The molecule has 1 aromatic carbocycles. The van der Waals surface area contributed by atoms with Gasteiger partial charge in [0, 0.05) is 55.3 Å². The Kier molecular flexibility index (Phi) is 6.58. The molecule has 0 bridgehead atoms. The van der Waals surface area contributed by atoms with Crippen molar-refractivity contribution in [1.82, 2.24) is 15.1 Å². The van der Waals surface area contributed by atoms with Gasteiger partial charge in [0.15, 0.2) is 0 Å². The second kappa shape index (κ2) is 9.38. The topological polar surface area (TPSA) is 73.4 Å². The molecule has 1 aromatic heterocycles. The van der Waals surface area contributed by atoms with E-state index < -0.39 is 5.92 Å². The van der Waals surface area contributed by atoms with E-state index >= 15 is 0 Å². The summed E-state index contributed by atoms with van der Waals surface area (Å²) < 4.78 is 26.3. The second-order valence-electron chi connectivity index (χ2n) is 8.97. The van der Waals surface area contributed by atoms with Gasteiger partial charge in [0.05, 0.1) is 11.8 Å². The van der Waals surface area contributed by atoms with Crippen LogP contribution in [-0.4, -0.2) is 58.8 Å². The molecule has 1 amide bonds. The van der Waals surface area contributed by atoms with Gasteiger partial charge >= 0.3 is 0 Å². The number of aryl methyl sites for hydroxylation is 1. The maximum atomic E-state index is 13.8. The van der Waals surface area contributed by atoms with Gasteiger partial charge in [-0.15, -0.1) is 0 Å². The Labute approximate surface area is 187 Å². The van der Waals surface area contributed by atoms with Crippen molar-refractivity contribution in [2.24, 2.45) is 4.99 Å². The molecule has 6 nitrogen and oxygen atoms in total. The highest BCUT2D eigenvalue weighted by molar-refractivity contribution is 6.05. The minimum Gasteiger partial charge on any atom is -0.384 e. The Hall–Kier alpha value is -2.77. The van der Waals surface area contributed by atoms with Crippen molar-refractivity contribution >= 4 is 17.8 Å². The van der Waals surface area contributed by atoms with Crippen LogP contribution in [0.4, 0.5) is 14.5 Å². The molecule has 1 atom stereocenters. The lowest BCUT2D eigenvalue weighted by atomic mass is 9.91. The number of carbonyl (C=O) groups is 1. The molecule has 0 radical (unpaired) electrons. The maximum Gasteiger partial charge on any atom is 0.255 e. The van der Waals surface area contributed by atoms with Gasteiger partial charge in [-0.25, -0.2) is 8.78 Å². The van der Waals surface area contributed by atoms with Crippen molar-refractivity contribution in [2.75, 3.05) is 18.9 Å². The molecule has 1 heterocycles. The van der Waals surface area contributed by atoms with Gasteiger partial charge in [-0.2, -0.15) is 5.10 Å². The van der Waals surface area contributed by atoms with E-state index in [1.807, 2.05) is 24.4 Å². The van der Waals surface area contributed by atoms with E-state index in [0.29, 0.717) is 24.1 Å². The zero-order chi connectivity index (χ0) is 22.7. The number of carbonyl (C=O) groups excluding carboxylic acids is 1. The van der Waals surface area contributed by atoms with Crippen LogP contribution in [0, 0.1) is 0 Å². The first-order chi connectivity index (χ1) is 15.4. The van der Waals surface area contributed by atoms with Gasteiger partial charge in [0.1, 0.15) is 0 Å². The molecule has 1 saturated carbocycles. The minimum atomic E-state index is -2.67. The molecule has 0 aliphatic heterocycles. The lowest BCUT2D eigenvalue weighted by Crippen LogP contribution is -2.45. The Bertz CT molecular complexity index is 977. The van der Waals surface area contributed by atoms with Gasteiger partial charge < -0.3 is 10.2 Å². The molecule has 4 rings (SSSR count). The molecule has 8 heteroatoms. The van der Waals surface area contributed by atoms with Crippen LogP contribution in [0.25, 0.3) is 0 Å². The molecule has 32 heavy (non-hydrogen) atoms. The highest BCUT2D eigenvalue weighted by Gasteiger charge is 2.39. The Balaban J connectivity index is 1.55. The van der Waals surface area contributed by atoms with Crippen LogP contribution < -0.4 is 5.32 Å². The average Bonchev–Trinajstić information content (AvgIpc) is 3.47. The molecule has 2 N–H and O–H groups in total. The third kappa shape index (κ3) is 5.16. The van der Waals surface area contributed by atoms with Crippen LogP contribution >= 0.6 is 0 Å². The summed E-state index contributed by atoms with van der Waals surface area (Å²) in [6, 6.07) is 5.98. The Morgan fingerprint density at radius 1 is 1.34 bits per heavy atom. The number of H-pyrrole nitrogens is 1. The Morgan fingerprint density at radius 3 is 2.88 bits per heavy atom. The number of alkyl halides is 2. The third-order valence-electron chi connectivity index (χ3n) is 6.26. The molecule has 2 aromatic rings. The van der Waals surface area contributed by atoms with E-state index in [1.54, 1.807) is 13.3 Å². The predicted octanol–water partition coefficient (Wildman–Crippen LogP) is 4.47. The summed E-state index contributed by atoms with van der Waals surface area (Å²) >= 11 is 0. The molecular weight excluding hydrogens is 412 g/mol. The number of rotatable bonds is 9. The van der Waals surface area contributed by atoms with Crippen LogP contribution in [0.1, 0.15) is 66.2 Å².